The van der Waals surface area contributed by atoms with E-state index in [9.17, 15) is 4.79 Å². The fourth-order valence-corrected chi connectivity index (χ4v) is 2.88. The molecule has 0 atom stereocenters. The van der Waals surface area contributed by atoms with Crippen molar-refractivity contribution in [2.75, 3.05) is 12.4 Å². The van der Waals surface area contributed by atoms with Gasteiger partial charge in [0.1, 0.15) is 6.61 Å². The molecule has 0 amide bonds. The molecule has 86 valence electrons. The van der Waals surface area contributed by atoms with Gasteiger partial charge >= 0.3 is 5.97 Å². The molecular weight excluding hydrogens is 208 g/mol. The lowest BCUT2D eigenvalue weighted by molar-refractivity contribution is -0.138. The molecule has 0 spiro atoms. The van der Waals surface area contributed by atoms with Gasteiger partial charge in [0.2, 0.25) is 0 Å². The van der Waals surface area contributed by atoms with Crippen LogP contribution in [0.3, 0.4) is 0 Å². The standard InChI is InChI=1S/C12H20O2S/c1-10(2)12(13)14-8-9-15-11-6-4-3-5-7-11/h11H,1,3-9H2,2H3. The molecular formula is C12H20O2S. The molecule has 1 saturated carbocycles. The van der Waals surface area contributed by atoms with E-state index in [1.54, 1.807) is 6.92 Å². The van der Waals surface area contributed by atoms with Crippen LogP contribution in [0.5, 0.6) is 0 Å². The van der Waals surface area contributed by atoms with E-state index in [4.69, 9.17) is 4.74 Å². The molecule has 15 heavy (non-hydrogen) atoms. The van der Waals surface area contributed by atoms with Crippen LogP contribution < -0.4 is 0 Å². The molecule has 0 aromatic carbocycles. The van der Waals surface area contributed by atoms with Crippen molar-refractivity contribution in [1.29, 1.82) is 0 Å². The highest BCUT2D eigenvalue weighted by molar-refractivity contribution is 7.99. The molecule has 0 saturated heterocycles. The molecule has 0 radical (unpaired) electrons. The Kier molecular flexibility index (Phi) is 5.84. The van der Waals surface area contributed by atoms with Crippen LogP contribution in [0.2, 0.25) is 0 Å². The van der Waals surface area contributed by atoms with Crippen molar-refractivity contribution in [1.82, 2.24) is 0 Å². The zero-order chi connectivity index (χ0) is 11.1. The number of thioether (sulfide) groups is 1. The lowest BCUT2D eigenvalue weighted by atomic mass is 10.0. The van der Waals surface area contributed by atoms with E-state index in [1.165, 1.54) is 32.1 Å². The molecule has 0 aromatic heterocycles. The molecule has 0 aliphatic heterocycles. The first kappa shape index (κ1) is 12.6. The van der Waals surface area contributed by atoms with Crippen molar-refractivity contribution >= 4 is 17.7 Å². The van der Waals surface area contributed by atoms with Gasteiger partial charge in [0.25, 0.3) is 0 Å². The second kappa shape index (κ2) is 6.94. The van der Waals surface area contributed by atoms with Crippen molar-refractivity contribution in [3.8, 4) is 0 Å². The smallest absolute Gasteiger partial charge is 0.333 e. The van der Waals surface area contributed by atoms with Gasteiger partial charge in [-0.3, -0.25) is 0 Å². The molecule has 0 heterocycles. The van der Waals surface area contributed by atoms with Crippen LogP contribution in [0.1, 0.15) is 39.0 Å². The Morgan fingerprint density at radius 1 is 1.40 bits per heavy atom. The predicted molar refractivity (Wildman–Crippen MR) is 65.1 cm³/mol. The Balaban J connectivity index is 2.01. The SMILES string of the molecule is C=C(C)C(=O)OCCSC1CCCCC1. The highest BCUT2D eigenvalue weighted by atomic mass is 32.2. The zero-order valence-electron chi connectivity index (χ0n) is 9.46. The van der Waals surface area contributed by atoms with Crippen LogP contribution in [0.25, 0.3) is 0 Å². The van der Waals surface area contributed by atoms with Crippen LogP contribution in [0.4, 0.5) is 0 Å². The molecule has 2 nitrogen and oxygen atoms in total. The third-order valence-corrected chi connectivity index (χ3v) is 3.92. The summed E-state index contributed by atoms with van der Waals surface area (Å²) in [5.74, 6) is 0.656. The fourth-order valence-electron chi connectivity index (χ4n) is 1.70. The van der Waals surface area contributed by atoms with Gasteiger partial charge in [-0.15, -0.1) is 0 Å². The summed E-state index contributed by atoms with van der Waals surface area (Å²) in [4.78, 5) is 11.1. The first-order valence-electron chi connectivity index (χ1n) is 5.64. The summed E-state index contributed by atoms with van der Waals surface area (Å²) in [7, 11) is 0. The molecule has 0 bridgehead atoms. The van der Waals surface area contributed by atoms with Crippen LogP contribution >= 0.6 is 11.8 Å². The lowest BCUT2D eigenvalue weighted by Crippen LogP contribution is -2.12. The van der Waals surface area contributed by atoms with Crippen LogP contribution in [-0.4, -0.2) is 23.6 Å². The molecule has 1 aliphatic carbocycles. The van der Waals surface area contributed by atoms with E-state index < -0.39 is 0 Å². The van der Waals surface area contributed by atoms with Crippen LogP contribution in [0.15, 0.2) is 12.2 Å². The molecule has 0 unspecified atom stereocenters. The molecule has 0 aromatic rings. The average Bonchev–Trinajstić information content (AvgIpc) is 2.25. The van der Waals surface area contributed by atoms with Gasteiger partial charge < -0.3 is 4.74 Å². The predicted octanol–water partition coefficient (Wildman–Crippen LogP) is 3.17. The topological polar surface area (TPSA) is 26.3 Å². The van der Waals surface area contributed by atoms with Crippen molar-refractivity contribution in [2.45, 2.75) is 44.3 Å². The number of esters is 1. The first-order chi connectivity index (χ1) is 7.20. The Bertz CT molecular complexity index is 220. The Labute approximate surface area is 96.5 Å². The largest absolute Gasteiger partial charge is 0.461 e. The molecule has 1 aliphatic rings. The van der Waals surface area contributed by atoms with Gasteiger partial charge in [0, 0.05) is 16.6 Å². The maximum absolute atomic E-state index is 11.1. The quantitative estimate of drug-likeness (QED) is 0.411. The summed E-state index contributed by atoms with van der Waals surface area (Å²) in [5.41, 5.74) is 0.484. The number of carbonyl (C=O) groups is 1. The average molecular weight is 228 g/mol. The minimum Gasteiger partial charge on any atom is -0.461 e. The zero-order valence-corrected chi connectivity index (χ0v) is 10.3. The number of hydrogen-bond donors (Lipinski definition) is 0. The van der Waals surface area contributed by atoms with Crippen LogP contribution in [0, 0.1) is 0 Å². The molecule has 0 N–H and O–H groups in total. The highest BCUT2D eigenvalue weighted by Gasteiger charge is 2.13. The number of ether oxygens (including phenoxy) is 1. The lowest BCUT2D eigenvalue weighted by Gasteiger charge is -2.20. The minimum absolute atomic E-state index is 0.265. The summed E-state index contributed by atoms with van der Waals surface area (Å²) in [6.45, 7) is 5.74. The van der Waals surface area contributed by atoms with E-state index in [0.717, 1.165) is 11.0 Å². The summed E-state index contributed by atoms with van der Waals surface area (Å²) in [6, 6.07) is 0. The molecule has 1 fully saturated rings. The van der Waals surface area contributed by atoms with Crippen molar-refractivity contribution < 1.29 is 9.53 Å². The van der Waals surface area contributed by atoms with Gasteiger partial charge in [-0.05, 0) is 19.8 Å². The van der Waals surface area contributed by atoms with Crippen LogP contribution in [-0.2, 0) is 9.53 Å². The summed E-state index contributed by atoms with van der Waals surface area (Å²) >= 11 is 1.94. The fraction of sp³-hybridized carbons (Fsp3) is 0.750. The Morgan fingerprint density at radius 3 is 2.67 bits per heavy atom. The summed E-state index contributed by atoms with van der Waals surface area (Å²) < 4.78 is 5.04. The van der Waals surface area contributed by atoms with E-state index in [0.29, 0.717) is 12.2 Å². The van der Waals surface area contributed by atoms with Crippen molar-refractivity contribution in [3.05, 3.63) is 12.2 Å². The van der Waals surface area contributed by atoms with E-state index >= 15 is 0 Å². The maximum Gasteiger partial charge on any atom is 0.333 e. The van der Waals surface area contributed by atoms with Crippen molar-refractivity contribution in [2.24, 2.45) is 0 Å². The van der Waals surface area contributed by atoms with E-state index in [-0.39, 0.29) is 5.97 Å². The first-order valence-corrected chi connectivity index (χ1v) is 6.69. The Morgan fingerprint density at radius 2 is 2.07 bits per heavy atom. The van der Waals surface area contributed by atoms with E-state index in [1.807, 2.05) is 11.8 Å². The third kappa shape index (κ3) is 5.26. The van der Waals surface area contributed by atoms with Gasteiger partial charge in [-0.1, -0.05) is 25.8 Å². The summed E-state index contributed by atoms with van der Waals surface area (Å²) in [5, 5.41) is 0.794. The summed E-state index contributed by atoms with van der Waals surface area (Å²) in [6.07, 6.45) is 6.78. The number of rotatable bonds is 5. The normalized spacial score (nSPS) is 17.4. The second-order valence-electron chi connectivity index (χ2n) is 4.05. The molecule has 1 rings (SSSR count). The van der Waals surface area contributed by atoms with Crippen molar-refractivity contribution in [3.63, 3.8) is 0 Å². The highest BCUT2D eigenvalue weighted by Crippen LogP contribution is 2.27. The number of hydrogen-bond acceptors (Lipinski definition) is 3. The minimum atomic E-state index is -0.265. The van der Waals surface area contributed by atoms with Gasteiger partial charge in [-0.2, -0.15) is 11.8 Å². The Hall–Kier alpha value is -0.440. The maximum atomic E-state index is 11.1. The monoisotopic (exact) mass is 228 g/mol. The third-order valence-electron chi connectivity index (χ3n) is 2.57. The second-order valence-corrected chi connectivity index (χ2v) is 5.46. The van der Waals surface area contributed by atoms with E-state index in [2.05, 4.69) is 6.58 Å². The van der Waals surface area contributed by atoms with Gasteiger partial charge in [0.15, 0.2) is 0 Å². The van der Waals surface area contributed by atoms with Gasteiger partial charge in [0.05, 0.1) is 0 Å². The number of carbonyl (C=O) groups excluding carboxylic acids is 1. The van der Waals surface area contributed by atoms with Gasteiger partial charge in [-0.25, -0.2) is 4.79 Å². The molecule has 3 heteroatoms.